The number of rotatable bonds is 6. The number of carbonyl (C=O) groups excluding carboxylic acids is 2. The number of hydrogen-bond donors (Lipinski definition) is 0. The van der Waals surface area contributed by atoms with Crippen molar-refractivity contribution in [1.82, 2.24) is 14.8 Å². The van der Waals surface area contributed by atoms with Crippen LogP contribution >= 0.6 is 0 Å². The number of aromatic nitrogens is 1. The van der Waals surface area contributed by atoms with Gasteiger partial charge in [-0.2, -0.15) is 0 Å². The first-order valence-corrected chi connectivity index (χ1v) is 10.2. The Bertz CT molecular complexity index is 807. The van der Waals surface area contributed by atoms with E-state index < -0.39 is 0 Å². The zero-order valence-electron chi connectivity index (χ0n) is 16.8. The maximum Gasteiger partial charge on any atom is 0.272 e. The highest BCUT2D eigenvalue weighted by Crippen LogP contribution is 2.22. The third kappa shape index (κ3) is 4.58. The van der Waals surface area contributed by atoms with Crippen molar-refractivity contribution in [3.05, 3.63) is 65.5 Å². The molecule has 0 saturated carbocycles. The van der Waals surface area contributed by atoms with Crippen LogP contribution in [0, 0.1) is 0 Å². The molecule has 28 heavy (non-hydrogen) atoms. The van der Waals surface area contributed by atoms with Gasteiger partial charge in [-0.15, -0.1) is 0 Å². The maximum absolute atomic E-state index is 13.0. The highest BCUT2D eigenvalue weighted by molar-refractivity contribution is 5.98. The lowest BCUT2D eigenvalue weighted by molar-refractivity contribution is 0.0608. The van der Waals surface area contributed by atoms with Crippen molar-refractivity contribution in [3.63, 3.8) is 0 Å². The number of benzene rings is 1. The zero-order chi connectivity index (χ0) is 19.9. The van der Waals surface area contributed by atoms with E-state index >= 15 is 0 Å². The van der Waals surface area contributed by atoms with Gasteiger partial charge in [0.15, 0.2) is 0 Å². The molecule has 0 aliphatic carbocycles. The topological polar surface area (TPSA) is 53.5 Å². The van der Waals surface area contributed by atoms with Crippen molar-refractivity contribution in [1.29, 1.82) is 0 Å². The summed E-state index contributed by atoms with van der Waals surface area (Å²) in [5.41, 5.74) is 1.95. The molecule has 5 heteroatoms. The summed E-state index contributed by atoms with van der Waals surface area (Å²) in [6.07, 6.45) is 5.80. The molecule has 1 unspecified atom stereocenters. The molecule has 0 N–H and O–H groups in total. The van der Waals surface area contributed by atoms with Crippen molar-refractivity contribution in [2.75, 3.05) is 13.1 Å². The van der Waals surface area contributed by atoms with Gasteiger partial charge in [-0.3, -0.25) is 14.6 Å². The van der Waals surface area contributed by atoms with Crippen LogP contribution in [0.25, 0.3) is 0 Å². The van der Waals surface area contributed by atoms with E-state index in [9.17, 15) is 9.59 Å². The first-order valence-electron chi connectivity index (χ1n) is 10.2. The summed E-state index contributed by atoms with van der Waals surface area (Å²) < 4.78 is 0. The van der Waals surface area contributed by atoms with Crippen molar-refractivity contribution in [3.8, 4) is 0 Å². The number of likely N-dealkylation sites (tertiary alicyclic amines) is 1. The van der Waals surface area contributed by atoms with E-state index in [4.69, 9.17) is 0 Å². The highest BCUT2D eigenvalue weighted by Gasteiger charge is 2.27. The molecule has 2 heterocycles. The summed E-state index contributed by atoms with van der Waals surface area (Å²) in [6, 6.07) is 13.6. The van der Waals surface area contributed by atoms with Crippen LogP contribution in [-0.4, -0.2) is 45.7 Å². The lowest BCUT2D eigenvalue weighted by Gasteiger charge is -2.35. The molecule has 1 aromatic heterocycles. The van der Waals surface area contributed by atoms with Gasteiger partial charge in [0.25, 0.3) is 11.8 Å². The van der Waals surface area contributed by atoms with Crippen LogP contribution in [0.2, 0.25) is 0 Å². The largest absolute Gasteiger partial charge is 0.336 e. The van der Waals surface area contributed by atoms with E-state index in [-0.39, 0.29) is 11.8 Å². The van der Waals surface area contributed by atoms with Gasteiger partial charge < -0.3 is 9.80 Å². The van der Waals surface area contributed by atoms with Gasteiger partial charge in [0.05, 0.1) is 0 Å². The normalized spacial score (nSPS) is 16.6. The van der Waals surface area contributed by atoms with Gasteiger partial charge in [-0.25, -0.2) is 0 Å². The monoisotopic (exact) mass is 379 g/mol. The molecule has 0 radical (unpaired) electrons. The van der Waals surface area contributed by atoms with Crippen molar-refractivity contribution in [2.45, 2.75) is 52.1 Å². The Morgan fingerprint density at radius 3 is 2.64 bits per heavy atom. The van der Waals surface area contributed by atoms with Gasteiger partial charge >= 0.3 is 0 Å². The third-order valence-corrected chi connectivity index (χ3v) is 5.47. The third-order valence-electron chi connectivity index (χ3n) is 5.47. The fraction of sp³-hybridized carbons (Fsp3) is 0.435. The smallest absolute Gasteiger partial charge is 0.272 e. The van der Waals surface area contributed by atoms with Crippen LogP contribution < -0.4 is 0 Å². The predicted octanol–water partition coefficient (Wildman–Crippen LogP) is 4.15. The molecule has 0 bridgehead atoms. The second-order valence-electron chi connectivity index (χ2n) is 7.29. The van der Waals surface area contributed by atoms with Crippen molar-refractivity contribution >= 4 is 11.8 Å². The molecule has 1 saturated heterocycles. The Labute approximate surface area is 167 Å². The number of carbonyl (C=O) groups is 2. The molecule has 0 spiro atoms. The van der Waals surface area contributed by atoms with E-state index in [0.717, 1.165) is 31.4 Å². The minimum atomic E-state index is -0.147. The van der Waals surface area contributed by atoms with E-state index in [1.807, 2.05) is 42.2 Å². The summed E-state index contributed by atoms with van der Waals surface area (Å²) in [6.45, 7) is 5.98. The number of pyridine rings is 1. The molecule has 3 rings (SSSR count). The lowest BCUT2D eigenvalue weighted by atomic mass is 9.99. The Morgan fingerprint density at radius 2 is 1.93 bits per heavy atom. The van der Waals surface area contributed by atoms with E-state index in [2.05, 4.69) is 11.9 Å². The van der Waals surface area contributed by atoms with Crippen LogP contribution in [0.4, 0.5) is 0 Å². The average molecular weight is 380 g/mol. The van der Waals surface area contributed by atoms with Gasteiger partial charge in [0.1, 0.15) is 5.69 Å². The summed E-state index contributed by atoms with van der Waals surface area (Å²) >= 11 is 0. The van der Waals surface area contributed by atoms with Crippen molar-refractivity contribution in [2.24, 2.45) is 0 Å². The quantitative estimate of drug-likeness (QED) is 0.758. The highest BCUT2D eigenvalue weighted by atomic mass is 16.2. The Hall–Kier alpha value is -2.69. The summed E-state index contributed by atoms with van der Waals surface area (Å²) in [7, 11) is 0. The fourth-order valence-electron chi connectivity index (χ4n) is 3.83. The van der Waals surface area contributed by atoms with Gasteiger partial charge in [0, 0.05) is 37.4 Å². The number of hydrogen-bond acceptors (Lipinski definition) is 3. The van der Waals surface area contributed by atoms with Crippen LogP contribution in [0.1, 0.15) is 65.9 Å². The summed E-state index contributed by atoms with van der Waals surface area (Å²) in [5.74, 6) is -0.138. The molecule has 1 atom stereocenters. The Morgan fingerprint density at radius 1 is 1.14 bits per heavy atom. The van der Waals surface area contributed by atoms with Gasteiger partial charge in [-0.1, -0.05) is 37.3 Å². The predicted molar refractivity (Wildman–Crippen MR) is 110 cm³/mol. The molecule has 1 fully saturated rings. The minimum absolute atomic E-state index is 0.00843. The maximum atomic E-state index is 13.0. The SMILES string of the molecule is CCC1CCCCN1C(=O)c1ccnc(C(=O)N(CC)Cc2ccccc2)c1. The minimum Gasteiger partial charge on any atom is -0.336 e. The molecule has 2 aromatic rings. The van der Waals surface area contributed by atoms with E-state index in [0.29, 0.717) is 30.4 Å². The average Bonchev–Trinajstić information content (AvgIpc) is 2.77. The second kappa shape index (κ2) is 9.49. The molecule has 1 aromatic carbocycles. The van der Waals surface area contributed by atoms with Crippen molar-refractivity contribution < 1.29 is 9.59 Å². The fourth-order valence-corrected chi connectivity index (χ4v) is 3.83. The molecular formula is C23H29N3O2. The lowest BCUT2D eigenvalue weighted by Crippen LogP contribution is -2.43. The standard InChI is InChI=1S/C23H29N3O2/c1-3-20-12-8-9-15-26(20)22(27)19-13-14-24-21(16-19)23(28)25(4-2)17-18-10-6-5-7-11-18/h5-7,10-11,13-14,16,20H,3-4,8-9,12,15,17H2,1-2H3. The van der Waals surface area contributed by atoms with Gasteiger partial charge in [0.2, 0.25) is 0 Å². The molecule has 5 nitrogen and oxygen atoms in total. The van der Waals surface area contributed by atoms with Crippen LogP contribution in [0.15, 0.2) is 48.7 Å². The molecule has 2 amide bonds. The number of amides is 2. The van der Waals surface area contributed by atoms with Crippen LogP contribution in [0.3, 0.4) is 0 Å². The molecule has 1 aliphatic heterocycles. The van der Waals surface area contributed by atoms with Crippen LogP contribution in [-0.2, 0) is 6.54 Å². The Balaban J connectivity index is 1.77. The summed E-state index contributed by atoms with van der Waals surface area (Å²) in [5, 5.41) is 0. The summed E-state index contributed by atoms with van der Waals surface area (Å²) in [4.78, 5) is 34.0. The number of piperidine rings is 1. The number of nitrogens with zero attached hydrogens (tertiary/aromatic N) is 3. The Kier molecular flexibility index (Phi) is 6.80. The van der Waals surface area contributed by atoms with E-state index in [1.165, 1.54) is 6.42 Å². The first kappa shape index (κ1) is 20.1. The van der Waals surface area contributed by atoms with Gasteiger partial charge in [-0.05, 0) is 50.3 Å². The molecular weight excluding hydrogens is 350 g/mol. The molecule has 1 aliphatic rings. The second-order valence-corrected chi connectivity index (χ2v) is 7.29. The molecule has 148 valence electrons. The van der Waals surface area contributed by atoms with Crippen LogP contribution in [0.5, 0.6) is 0 Å². The zero-order valence-corrected chi connectivity index (χ0v) is 16.8. The van der Waals surface area contributed by atoms with E-state index in [1.54, 1.807) is 23.2 Å². The first-order chi connectivity index (χ1) is 13.6.